The molecule has 0 fully saturated rings. The summed E-state index contributed by atoms with van der Waals surface area (Å²) in [5.74, 6) is -0.0820. The number of pyridine rings is 1. The van der Waals surface area contributed by atoms with Gasteiger partial charge in [0.05, 0.1) is 11.6 Å². The third-order valence-corrected chi connectivity index (χ3v) is 7.62. The number of H-pyrrole nitrogens is 1. The van der Waals surface area contributed by atoms with Crippen LogP contribution in [0.1, 0.15) is 55.3 Å². The van der Waals surface area contributed by atoms with Crippen LogP contribution in [0.5, 0.6) is 0 Å². The Morgan fingerprint density at radius 3 is 2.62 bits per heavy atom. The van der Waals surface area contributed by atoms with E-state index in [2.05, 4.69) is 27.8 Å². The number of nitrogens with one attached hydrogen (secondary N) is 3. The van der Waals surface area contributed by atoms with Crippen LogP contribution in [0.4, 0.5) is 5.69 Å². The molecule has 0 aliphatic heterocycles. The minimum absolute atomic E-state index is 0. The maximum absolute atomic E-state index is 12.5. The summed E-state index contributed by atoms with van der Waals surface area (Å²) in [4.78, 5) is 20.6. The van der Waals surface area contributed by atoms with Crippen molar-refractivity contribution >= 4 is 69.8 Å². The van der Waals surface area contributed by atoms with Crippen molar-refractivity contribution in [2.45, 2.75) is 63.8 Å². The lowest BCUT2D eigenvalue weighted by atomic mass is 9.92. The van der Waals surface area contributed by atoms with Gasteiger partial charge in [-0.25, -0.2) is 0 Å². The molecule has 0 unspecified atom stereocenters. The van der Waals surface area contributed by atoms with Gasteiger partial charge in [0.15, 0.2) is 0 Å². The number of amides is 1. The highest BCUT2D eigenvalue weighted by atomic mass is 35.5. The van der Waals surface area contributed by atoms with Crippen molar-refractivity contribution in [3.8, 4) is 0 Å². The van der Waals surface area contributed by atoms with E-state index in [1.807, 2.05) is 36.5 Å². The van der Waals surface area contributed by atoms with Crippen LogP contribution >= 0.6 is 36.4 Å². The number of hydrogen-bond donors (Lipinski definition) is 4. The van der Waals surface area contributed by atoms with Crippen LogP contribution in [0.25, 0.3) is 21.8 Å². The van der Waals surface area contributed by atoms with Crippen molar-refractivity contribution in [2.24, 2.45) is 5.73 Å². The fourth-order valence-electron chi connectivity index (χ4n) is 5.39. The van der Waals surface area contributed by atoms with Gasteiger partial charge in [-0.05, 0) is 80.3 Å². The average molecular weight is 591 g/mol. The van der Waals surface area contributed by atoms with E-state index in [0.717, 1.165) is 77.5 Å². The number of aryl methyl sites for hydroxylation is 1. The zero-order valence-electron chi connectivity index (χ0n) is 22.1. The Bertz CT molecular complexity index is 1390. The first-order valence-electron chi connectivity index (χ1n) is 13.5. The molecule has 2 heterocycles. The van der Waals surface area contributed by atoms with E-state index in [-0.39, 0.29) is 30.7 Å². The number of fused-ring (bicyclic) bond motifs is 3. The van der Waals surface area contributed by atoms with Gasteiger partial charge in [0.25, 0.3) is 0 Å². The Hall–Kier alpha value is -2.51. The lowest BCUT2D eigenvalue weighted by molar-refractivity contribution is -0.122. The lowest BCUT2D eigenvalue weighted by Crippen LogP contribution is -2.42. The highest BCUT2D eigenvalue weighted by Crippen LogP contribution is 2.34. The van der Waals surface area contributed by atoms with E-state index in [4.69, 9.17) is 22.3 Å². The van der Waals surface area contributed by atoms with Gasteiger partial charge in [0.2, 0.25) is 5.91 Å². The molecule has 2 aromatic heterocycles. The quantitative estimate of drug-likeness (QED) is 0.145. The van der Waals surface area contributed by atoms with E-state index >= 15 is 0 Å². The second-order valence-corrected chi connectivity index (χ2v) is 10.5. The Labute approximate surface area is 247 Å². The Kier molecular flexibility index (Phi) is 11.7. The van der Waals surface area contributed by atoms with Crippen LogP contribution in [0.2, 0.25) is 5.02 Å². The predicted octanol–water partition coefficient (Wildman–Crippen LogP) is 6.75. The molecule has 5 rings (SSSR count). The molecule has 5 N–H and O–H groups in total. The van der Waals surface area contributed by atoms with Gasteiger partial charge in [0, 0.05) is 52.0 Å². The summed E-state index contributed by atoms with van der Waals surface area (Å²) >= 11 is 6.24. The highest BCUT2D eigenvalue weighted by Gasteiger charge is 2.18. The van der Waals surface area contributed by atoms with E-state index < -0.39 is 6.04 Å². The Balaban J connectivity index is 0.00000210. The SMILES string of the molecule is Cl.Cl.N[C@H](Cc1c[nH]c2ccccc12)C(=O)NCCCCCCNc1c2c(nc3cc(Cl)ccc13)CCCC2. The van der Waals surface area contributed by atoms with Crippen molar-refractivity contribution in [2.75, 3.05) is 18.4 Å². The smallest absolute Gasteiger partial charge is 0.237 e. The normalized spacial score (nSPS) is 13.3. The lowest BCUT2D eigenvalue weighted by Gasteiger charge is -2.22. The van der Waals surface area contributed by atoms with Gasteiger partial charge in [0.1, 0.15) is 0 Å². The molecule has 0 saturated heterocycles. The first-order valence-corrected chi connectivity index (χ1v) is 13.9. The second kappa shape index (κ2) is 14.8. The molecule has 1 aliphatic rings. The van der Waals surface area contributed by atoms with Gasteiger partial charge >= 0.3 is 0 Å². The number of nitrogens with zero attached hydrogens (tertiary/aromatic N) is 1. The van der Waals surface area contributed by atoms with Crippen LogP contribution in [-0.4, -0.2) is 35.0 Å². The highest BCUT2D eigenvalue weighted by molar-refractivity contribution is 6.31. The molecule has 0 bridgehead atoms. The van der Waals surface area contributed by atoms with Crippen molar-refractivity contribution in [3.63, 3.8) is 0 Å². The zero-order chi connectivity index (χ0) is 25.6. The Morgan fingerprint density at radius 1 is 1.00 bits per heavy atom. The van der Waals surface area contributed by atoms with Gasteiger partial charge in [-0.15, -0.1) is 24.8 Å². The molecule has 0 spiro atoms. The molecule has 6 nitrogen and oxygen atoms in total. The number of halogens is 3. The first-order chi connectivity index (χ1) is 18.1. The molecule has 210 valence electrons. The maximum Gasteiger partial charge on any atom is 0.237 e. The number of unbranched alkanes of at least 4 members (excludes halogenated alkanes) is 3. The molecule has 1 amide bonds. The number of hydrogen-bond acceptors (Lipinski definition) is 4. The fourth-order valence-corrected chi connectivity index (χ4v) is 5.56. The summed E-state index contributed by atoms with van der Waals surface area (Å²) in [6.07, 6.45) is 11.3. The molecule has 0 saturated carbocycles. The molecule has 1 atom stereocenters. The number of rotatable bonds is 11. The van der Waals surface area contributed by atoms with Crippen molar-refractivity contribution < 1.29 is 4.79 Å². The maximum atomic E-state index is 12.5. The number of carbonyl (C=O) groups is 1. The van der Waals surface area contributed by atoms with Gasteiger partial charge in [-0.3, -0.25) is 9.78 Å². The van der Waals surface area contributed by atoms with Crippen molar-refractivity contribution in [1.29, 1.82) is 0 Å². The third kappa shape index (κ3) is 7.57. The number of aromatic nitrogens is 2. The van der Waals surface area contributed by atoms with Crippen LogP contribution in [0.3, 0.4) is 0 Å². The summed E-state index contributed by atoms with van der Waals surface area (Å²) in [5.41, 5.74) is 13.2. The summed E-state index contributed by atoms with van der Waals surface area (Å²) in [6, 6.07) is 13.6. The molecule has 2 aromatic carbocycles. The molecule has 0 radical (unpaired) electrons. The fraction of sp³-hybridized carbons (Fsp3) is 0.400. The number of anilines is 1. The summed E-state index contributed by atoms with van der Waals surface area (Å²) in [7, 11) is 0. The molecule has 4 aromatic rings. The van der Waals surface area contributed by atoms with E-state index in [1.165, 1.54) is 29.8 Å². The predicted molar refractivity (Wildman–Crippen MR) is 168 cm³/mol. The number of nitrogens with two attached hydrogens (primary N) is 1. The molecular weight excluding hydrogens is 553 g/mol. The number of para-hydroxylation sites is 1. The number of carbonyl (C=O) groups excluding carboxylic acids is 1. The Morgan fingerprint density at radius 2 is 1.77 bits per heavy atom. The molecule has 9 heteroatoms. The summed E-state index contributed by atoms with van der Waals surface area (Å²) in [6.45, 7) is 1.59. The van der Waals surface area contributed by atoms with Crippen LogP contribution < -0.4 is 16.4 Å². The standard InChI is InChI=1S/C30H36ClN5O.2ClH/c31-21-13-14-24-28(18-21)36-27-12-6-4-10-23(27)29(24)33-15-7-1-2-8-16-34-30(37)25(32)17-20-19-35-26-11-5-3-9-22(20)26;;/h3,5,9,11,13-14,18-19,25,35H,1-2,4,6-8,10,12,15-17,32H2,(H,33,36)(H,34,37);2*1H/t25-;;/m1../s1. The monoisotopic (exact) mass is 589 g/mol. The largest absolute Gasteiger partial charge is 0.384 e. The first kappa shape index (κ1) is 31.0. The number of benzene rings is 2. The second-order valence-electron chi connectivity index (χ2n) is 10.1. The van der Waals surface area contributed by atoms with Crippen molar-refractivity contribution in [3.05, 3.63) is 70.5 Å². The minimum atomic E-state index is -0.542. The van der Waals surface area contributed by atoms with Gasteiger partial charge in [-0.2, -0.15) is 0 Å². The van der Waals surface area contributed by atoms with Crippen LogP contribution in [0, 0.1) is 0 Å². The van der Waals surface area contributed by atoms with E-state index in [1.54, 1.807) is 0 Å². The van der Waals surface area contributed by atoms with Gasteiger partial charge in [-0.1, -0.05) is 42.6 Å². The van der Waals surface area contributed by atoms with Crippen LogP contribution in [0.15, 0.2) is 48.7 Å². The van der Waals surface area contributed by atoms with E-state index in [9.17, 15) is 4.79 Å². The van der Waals surface area contributed by atoms with E-state index in [0.29, 0.717) is 13.0 Å². The minimum Gasteiger partial charge on any atom is -0.384 e. The summed E-state index contributed by atoms with van der Waals surface area (Å²) in [5, 5.41) is 9.75. The number of aromatic amines is 1. The van der Waals surface area contributed by atoms with Crippen molar-refractivity contribution in [1.82, 2.24) is 15.3 Å². The summed E-state index contributed by atoms with van der Waals surface area (Å²) < 4.78 is 0. The molecule has 1 aliphatic carbocycles. The molecular formula is C30H38Cl3N5O. The molecule has 39 heavy (non-hydrogen) atoms. The van der Waals surface area contributed by atoms with Gasteiger partial charge < -0.3 is 21.4 Å². The average Bonchev–Trinajstić information content (AvgIpc) is 3.32. The zero-order valence-corrected chi connectivity index (χ0v) is 24.5. The van der Waals surface area contributed by atoms with Crippen LogP contribution in [-0.2, 0) is 24.1 Å². The third-order valence-electron chi connectivity index (χ3n) is 7.38. The topological polar surface area (TPSA) is 95.8 Å².